The minimum Gasteiger partial charge on any atom is -0.355 e. The molecule has 0 N–H and O–H groups in total. The van der Waals surface area contributed by atoms with Crippen molar-refractivity contribution >= 4 is 22.5 Å². The summed E-state index contributed by atoms with van der Waals surface area (Å²) in [5, 5.41) is 9.82. The molecule has 5 rings (SSSR count). The Morgan fingerprint density at radius 2 is 1.83 bits per heavy atom. The SMILES string of the molecule is CN(C)[C@H]1CCN(c2c(-c3ccccc3)c(F)c(C#N)c3nc4ccccc4n23)C1. The van der Waals surface area contributed by atoms with Gasteiger partial charge in [0.15, 0.2) is 11.5 Å². The van der Waals surface area contributed by atoms with E-state index >= 15 is 4.39 Å². The van der Waals surface area contributed by atoms with Crippen LogP contribution in [0, 0.1) is 17.1 Å². The Morgan fingerprint density at radius 1 is 1.10 bits per heavy atom. The molecule has 0 radical (unpaired) electrons. The smallest absolute Gasteiger partial charge is 0.160 e. The molecule has 0 bridgehead atoms. The van der Waals surface area contributed by atoms with Gasteiger partial charge in [-0.05, 0) is 38.2 Å². The third-order valence-electron chi connectivity index (χ3n) is 6.03. The summed E-state index contributed by atoms with van der Waals surface area (Å²) in [6, 6.07) is 19.7. The Labute approximate surface area is 174 Å². The number of benzene rings is 2. The van der Waals surface area contributed by atoms with Crippen LogP contribution in [0.25, 0.3) is 27.8 Å². The monoisotopic (exact) mass is 399 g/mol. The second kappa shape index (κ2) is 7.12. The molecule has 0 spiro atoms. The van der Waals surface area contributed by atoms with Crippen molar-refractivity contribution in [1.29, 1.82) is 5.26 Å². The van der Waals surface area contributed by atoms with Gasteiger partial charge in [0.05, 0.1) is 16.6 Å². The van der Waals surface area contributed by atoms with Crippen molar-refractivity contribution in [3.63, 3.8) is 0 Å². The summed E-state index contributed by atoms with van der Waals surface area (Å²) in [6.07, 6.45) is 0.997. The van der Waals surface area contributed by atoms with Crippen molar-refractivity contribution in [2.24, 2.45) is 0 Å². The zero-order chi connectivity index (χ0) is 20.8. The molecule has 0 amide bonds. The highest BCUT2D eigenvalue weighted by molar-refractivity contribution is 5.90. The molecule has 5 nitrogen and oxygen atoms in total. The average Bonchev–Trinajstić information content (AvgIpc) is 3.39. The van der Waals surface area contributed by atoms with Gasteiger partial charge in [-0.15, -0.1) is 0 Å². The number of imidazole rings is 1. The lowest BCUT2D eigenvalue weighted by atomic mass is 10.0. The number of hydrogen-bond acceptors (Lipinski definition) is 4. The van der Waals surface area contributed by atoms with Crippen LogP contribution in [0.1, 0.15) is 12.0 Å². The molecule has 2 aromatic carbocycles. The van der Waals surface area contributed by atoms with Crippen molar-refractivity contribution < 1.29 is 4.39 Å². The van der Waals surface area contributed by atoms with Crippen molar-refractivity contribution in [1.82, 2.24) is 14.3 Å². The molecular weight excluding hydrogens is 377 g/mol. The number of nitriles is 1. The number of hydrogen-bond donors (Lipinski definition) is 0. The molecule has 1 saturated heterocycles. The molecular formula is C24H22FN5. The van der Waals surface area contributed by atoms with Crippen LogP contribution in [0.5, 0.6) is 0 Å². The van der Waals surface area contributed by atoms with Crippen LogP contribution in [0.4, 0.5) is 10.2 Å². The summed E-state index contributed by atoms with van der Waals surface area (Å²) < 4.78 is 17.8. The fraction of sp³-hybridized carbons (Fsp3) is 0.250. The highest BCUT2D eigenvalue weighted by Gasteiger charge is 2.32. The first-order chi connectivity index (χ1) is 14.6. The fourth-order valence-electron chi connectivity index (χ4n) is 4.46. The molecule has 6 heteroatoms. The lowest BCUT2D eigenvalue weighted by molar-refractivity contribution is 0.315. The van der Waals surface area contributed by atoms with E-state index in [0.29, 0.717) is 17.3 Å². The van der Waals surface area contributed by atoms with Crippen molar-refractivity contribution in [3.8, 4) is 17.2 Å². The van der Waals surface area contributed by atoms with Crippen LogP contribution in [0.3, 0.4) is 0 Å². The minimum atomic E-state index is -0.505. The van der Waals surface area contributed by atoms with Crippen LogP contribution >= 0.6 is 0 Å². The molecule has 1 aliphatic rings. The number of rotatable bonds is 3. The summed E-state index contributed by atoms with van der Waals surface area (Å²) in [5.74, 6) is 0.264. The standard InChI is InChI=1S/C24H22FN5/c1-28(2)17-12-13-29(15-17)24-21(16-8-4-3-5-9-16)22(25)18(14-26)23-27-19-10-6-7-11-20(19)30(23)24/h3-11,17H,12-13,15H2,1-2H3/t17-/m0/s1. The van der Waals surface area contributed by atoms with E-state index < -0.39 is 5.82 Å². The number of fused-ring (bicyclic) bond motifs is 3. The summed E-state index contributed by atoms with van der Waals surface area (Å²) in [7, 11) is 4.15. The van der Waals surface area contributed by atoms with E-state index in [1.54, 1.807) is 0 Å². The van der Waals surface area contributed by atoms with E-state index in [-0.39, 0.29) is 5.56 Å². The Bertz CT molecular complexity index is 1290. The van der Waals surface area contributed by atoms with Crippen molar-refractivity contribution in [2.75, 3.05) is 32.1 Å². The Morgan fingerprint density at radius 3 is 2.53 bits per heavy atom. The Kier molecular flexibility index (Phi) is 4.41. The quantitative estimate of drug-likeness (QED) is 0.515. The Hall–Kier alpha value is -3.43. The highest BCUT2D eigenvalue weighted by Crippen LogP contribution is 2.40. The van der Waals surface area contributed by atoms with E-state index in [4.69, 9.17) is 0 Å². The third kappa shape index (κ3) is 2.74. The van der Waals surface area contributed by atoms with Gasteiger partial charge in [-0.3, -0.25) is 4.40 Å². The zero-order valence-corrected chi connectivity index (χ0v) is 17.0. The van der Waals surface area contributed by atoms with E-state index in [2.05, 4.69) is 34.9 Å². The van der Waals surface area contributed by atoms with E-state index in [0.717, 1.165) is 41.9 Å². The lowest BCUT2D eigenvalue weighted by Gasteiger charge is -2.26. The number of likely N-dealkylation sites (N-methyl/N-ethyl adjacent to an activating group) is 1. The molecule has 1 atom stereocenters. The molecule has 2 aromatic heterocycles. The number of para-hydroxylation sites is 2. The molecule has 1 fully saturated rings. The fourth-order valence-corrected chi connectivity index (χ4v) is 4.46. The summed E-state index contributed by atoms with van der Waals surface area (Å²) >= 11 is 0. The van der Waals surface area contributed by atoms with Crippen LogP contribution in [0.2, 0.25) is 0 Å². The second-order valence-corrected chi connectivity index (χ2v) is 7.98. The molecule has 150 valence electrons. The maximum atomic E-state index is 15.9. The number of aromatic nitrogens is 2. The molecule has 1 aliphatic heterocycles. The van der Waals surface area contributed by atoms with Gasteiger partial charge in [0.1, 0.15) is 17.5 Å². The number of pyridine rings is 1. The summed E-state index contributed by atoms with van der Waals surface area (Å²) in [5.41, 5.74) is 3.21. The Balaban J connectivity index is 1.91. The van der Waals surface area contributed by atoms with E-state index in [1.165, 1.54) is 0 Å². The van der Waals surface area contributed by atoms with Gasteiger partial charge in [-0.25, -0.2) is 9.37 Å². The largest absolute Gasteiger partial charge is 0.355 e. The van der Waals surface area contributed by atoms with Gasteiger partial charge in [0, 0.05) is 19.1 Å². The number of nitrogens with zero attached hydrogens (tertiary/aromatic N) is 5. The predicted octanol–water partition coefficient (Wildman–Crippen LogP) is 4.31. The number of anilines is 1. The van der Waals surface area contributed by atoms with Gasteiger partial charge < -0.3 is 9.80 Å². The zero-order valence-electron chi connectivity index (χ0n) is 17.0. The van der Waals surface area contributed by atoms with Crippen LogP contribution in [-0.2, 0) is 0 Å². The normalized spacial score (nSPS) is 16.6. The predicted molar refractivity (Wildman–Crippen MR) is 117 cm³/mol. The number of halogens is 1. The molecule has 0 unspecified atom stereocenters. The summed E-state index contributed by atoms with van der Waals surface area (Å²) in [4.78, 5) is 9.08. The molecule has 0 aliphatic carbocycles. The van der Waals surface area contributed by atoms with Gasteiger partial charge in [-0.1, -0.05) is 42.5 Å². The lowest BCUT2D eigenvalue weighted by Crippen LogP contribution is -2.32. The molecule has 4 aromatic rings. The maximum absolute atomic E-state index is 15.9. The molecule has 30 heavy (non-hydrogen) atoms. The minimum absolute atomic E-state index is 0.0165. The molecule has 3 heterocycles. The van der Waals surface area contributed by atoms with Crippen molar-refractivity contribution in [3.05, 3.63) is 66.0 Å². The van der Waals surface area contributed by atoms with Gasteiger partial charge >= 0.3 is 0 Å². The maximum Gasteiger partial charge on any atom is 0.160 e. The van der Waals surface area contributed by atoms with Gasteiger partial charge in [0.25, 0.3) is 0 Å². The van der Waals surface area contributed by atoms with E-state index in [1.807, 2.05) is 59.0 Å². The van der Waals surface area contributed by atoms with Crippen LogP contribution in [0.15, 0.2) is 54.6 Å². The first-order valence-electron chi connectivity index (χ1n) is 10.1. The summed E-state index contributed by atoms with van der Waals surface area (Å²) in [6.45, 7) is 1.61. The third-order valence-corrected chi connectivity index (χ3v) is 6.03. The van der Waals surface area contributed by atoms with E-state index in [9.17, 15) is 5.26 Å². The van der Waals surface area contributed by atoms with Gasteiger partial charge in [0.2, 0.25) is 0 Å². The molecule has 0 saturated carbocycles. The average molecular weight is 399 g/mol. The highest BCUT2D eigenvalue weighted by atomic mass is 19.1. The van der Waals surface area contributed by atoms with Crippen LogP contribution in [-0.4, -0.2) is 47.5 Å². The van der Waals surface area contributed by atoms with Gasteiger partial charge in [-0.2, -0.15) is 5.26 Å². The van der Waals surface area contributed by atoms with Crippen molar-refractivity contribution in [2.45, 2.75) is 12.5 Å². The van der Waals surface area contributed by atoms with Crippen LogP contribution < -0.4 is 4.90 Å². The topological polar surface area (TPSA) is 47.6 Å². The first-order valence-corrected chi connectivity index (χ1v) is 10.1. The second-order valence-electron chi connectivity index (χ2n) is 7.98. The first kappa shape index (κ1) is 18.6.